The van der Waals surface area contributed by atoms with Gasteiger partial charge in [0.25, 0.3) is 0 Å². The number of rotatable bonds is 6. The molecule has 0 unspecified atom stereocenters. The highest BCUT2D eigenvalue weighted by Crippen LogP contribution is 2.16. The Labute approximate surface area is 110 Å². The van der Waals surface area contributed by atoms with Gasteiger partial charge in [-0.25, -0.2) is 0 Å². The maximum Gasteiger partial charge on any atom is 0.319 e. The van der Waals surface area contributed by atoms with Crippen molar-refractivity contribution >= 4 is 5.97 Å². The summed E-state index contributed by atoms with van der Waals surface area (Å²) in [5.74, 6) is -0.172. The molecule has 0 atom stereocenters. The van der Waals surface area contributed by atoms with Crippen molar-refractivity contribution in [1.29, 1.82) is 0 Å². The number of hydrogen-bond acceptors (Lipinski definition) is 3. The van der Waals surface area contributed by atoms with Gasteiger partial charge in [-0.1, -0.05) is 25.1 Å². The van der Waals surface area contributed by atoms with E-state index in [0.717, 1.165) is 19.5 Å². The van der Waals surface area contributed by atoms with Crippen molar-refractivity contribution in [2.24, 2.45) is 0 Å². The summed E-state index contributed by atoms with van der Waals surface area (Å²) in [4.78, 5) is 13.5. The molecule has 1 aromatic rings. The Morgan fingerprint density at radius 2 is 1.89 bits per heavy atom. The molecule has 0 aliphatic carbocycles. The van der Waals surface area contributed by atoms with Gasteiger partial charge < -0.3 is 4.74 Å². The van der Waals surface area contributed by atoms with E-state index in [4.69, 9.17) is 4.74 Å². The van der Waals surface area contributed by atoms with Gasteiger partial charge in [0, 0.05) is 6.54 Å². The van der Waals surface area contributed by atoms with E-state index in [1.54, 1.807) is 0 Å². The molecule has 3 heteroatoms. The van der Waals surface area contributed by atoms with Crippen LogP contribution in [0.25, 0.3) is 0 Å². The highest BCUT2D eigenvalue weighted by Gasteiger charge is 2.13. The number of esters is 1. The number of nitrogens with zero attached hydrogens (tertiary/aromatic N) is 1. The molecule has 18 heavy (non-hydrogen) atoms. The number of methoxy groups -OCH3 is 1. The first-order chi connectivity index (χ1) is 8.58. The van der Waals surface area contributed by atoms with Gasteiger partial charge in [-0.15, -0.1) is 0 Å². The number of hydrogen-bond donors (Lipinski definition) is 0. The van der Waals surface area contributed by atoms with E-state index in [2.05, 4.69) is 43.9 Å². The summed E-state index contributed by atoms with van der Waals surface area (Å²) in [6.45, 7) is 8.42. The van der Waals surface area contributed by atoms with Gasteiger partial charge in [-0.2, -0.15) is 0 Å². The van der Waals surface area contributed by atoms with E-state index in [9.17, 15) is 4.79 Å². The summed E-state index contributed by atoms with van der Waals surface area (Å²) >= 11 is 0. The molecule has 0 spiro atoms. The van der Waals surface area contributed by atoms with E-state index in [1.165, 1.54) is 23.8 Å². The molecule has 1 rings (SSSR count). The van der Waals surface area contributed by atoms with Gasteiger partial charge >= 0.3 is 5.97 Å². The van der Waals surface area contributed by atoms with Crippen molar-refractivity contribution in [3.05, 3.63) is 34.9 Å². The van der Waals surface area contributed by atoms with Crippen molar-refractivity contribution < 1.29 is 9.53 Å². The second kappa shape index (κ2) is 7.17. The molecule has 0 N–H and O–H groups in total. The Bertz CT molecular complexity index is 381. The molecule has 3 nitrogen and oxygen atoms in total. The molecule has 0 aliphatic heterocycles. The second-order valence-corrected chi connectivity index (χ2v) is 4.66. The third kappa shape index (κ3) is 4.15. The summed E-state index contributed by atoms with van der Waals surface area (Å²) < 4.78 is 4.74. The van der Waals surface area contributed by atoms with E-state index in [0.29, 0.717) is 6.54 Å². The van der Waals surface area contributed by atoms with Crippen LogP contribution in [0, 0.1) is 13.8 Å². The first-order valence-electron chi connectivity index (χ1n) is 6.42. The van der Waals surface area contributed by atoms with Gasteiger partial charge in [-0.05, 0) is 43.5 Å². The molecule has 0 heterocycles. The van der Waals surface area contributed by atoms with Crippen molar-refractivity contribution in [1.82, 2.24) is 4.90 Å². The van der Waals surface area contributed by atoms with E-state index >= 15 is 0 Å². The first kappa shape index (κ1) is 14.7. The molecule has 0 aliphatic rings. The van der Waals surface area contributed by atoms with Crippen LogP contribution in [-0.4, -0.2) is 31.1 Å². The molecule has 0 amide bonds. The van der Waals surface area contributed by atoms with Gasteiger partial charge in [-0.3, -0.25) is 9.69 Å². The molecule has 0 bridgehead atoms. The third-order valence-electron chi connectivity index (χ3n) is 3.15. The van der Waals surface area contributed by atoms with Crippen LogP contribution in [0.5, 0.6) is 0 Å². The third-order valence-corrected chi connectivity index (χ3v) is 3.15. The molecule has 0 saturated carbocycles. The van der Waals surface area contributed by atoms with Crippen molar-refractivity contribution in [3.8, 4) is 0 Å². The van der Waals surface area contributed by atoms with Crippen molar-refractivity contribution in [3.63, 3.8) is 0 Å². The largest absolute Gasteiger partial charge is 0.468 e. The minimum Gasteiger partial charge on any atom is -0.468 e. The highest BCUT2D eigenvalue weighted by atomic mass is 16.5. The Kier molecular flexibility index (Phi) is 5.86. The minimum atomic E-state index is -0.172. The predicted octanol–water partition coefficient (Wildman–Crippen LogP) is 2.69. The summed E-state index contributed by atoms with van der Waals surface area (Å²) in [5.41, 5.74) is 3.87. The van der Waals surface area contributed by atoms with Crippen LogP contribution in [0.4, 0.5) is 0 Å². The lowest BCUT2D eigenvalue weighted by Gasteiger charge is -2.22. The maximum absolute atomic E-state index is 11.4. The lowest BCUT2D eigenvalue weighted by atomic mass is 10.0. The second-order valence-electron chi connectivity index (χ2n) is 4.66. The zero-order valence-corrected chi connectivity index (χ0v) is 11.8. The summed E-state index contributed by atoms with van der Waals surface area (Å²) in [7, 11) is 1.44. The van der Waals surface area contributed by atoms with E-state index < -0.39 is 0 Å². The lowest BCUT2D eigenvalue weighted by Crippen LogP contribution is -2.31. The smallest absolute Gasteiger partial charge is 0.319 e. The number of aryl methyl sites for hydroxylation is 2. The first-order valence-corrected chi connectivity index (χ1v) is 6.42. The van der Waals surface area contributed by atoms with Crippen LogP contribution < -0.4 is 0 Å². The summed E-state index contributed by atoms with van der Waals surface area (Å²) in [6, 6.07) is 6.30. The normalized spacial score (nSPS) is 10.7. The van der Waals surface area contributed by atoms with Gasteiger partial charge in [0.05, 0.1) is 13.7 Å². The molecule has 0 radical (unpaired) electrons. The zero-order chi connectivity index (χ0) is 13.5. The Morgan fingerprint density at radius 1 is 1.28 bits per heavy atom. The Balaban J connectivity index is 2.79. The standard InChI is InChI=1S/C15H23NO2/c1-5-9-16(11-15(17)18-4)10-14-12(2)7-6-8-13(14)3/h6-8H,5,9-11H2,1-4H3. The van der Waals surface area contributed by atoms with E-state index in [1.807, 2.05) is 0 Å². The quantitative estimate of drug-likeness (QED) is 0.726. The SMILES string of the molecule is CCCN(CC(=O)OC)Cc1c(C)cccc1C. The van der Waals surface area contributed by atoms with Crippen LogP contribution in [0.2, 0.25) is 0 Å². The van der Waals surface area contributed by atoms with Crippen LogP contribution in [0.3, 0.4) is 0 Å². The van der Waals surface area contributed by atoms with E-state index in [-0.39, 0.29) is 5.97 Å². The Hall–Kier alpha value is -1.35. The number of carbonyl (C=O) groups excluding carboxylic acids is 1. The fourth-order valence-corrected chi connectivity index (χ4v) is 2.10. The highest BCUT2D eigenvalue weighted by molar-refractivity contribution is 5.71. The van der Waals surface area contributed by atoms with Gasteiger partial charge in [0.2, 0.25) is 0 Å². The van der Waals surface area contributed by atoms with Gasteiger partial charge in [0.1, 0.15) is 0 Å². The van der Waals surface area contributed by atoms with Crippen LogP contribution in [-0.2, 0) is 16.1 Å². The predicted molar refractivity (Wildman–Crippen MR) is 73.5 cm³/mol. The van der Waals surface area contributed by atoms with Gasteiger partial charge in [0.15, 0.2) is 0 Å². The fraction of sp³-hybridized carbons (Fsp3) is 0.533. The molecular weight excluding hydrogens is 226 g/mol. The molecule has 1 aromatic carbocycles. The topological polar surface area (TPSA) is 29.5 Å². The number of benzene rings is 1. The molecular formula is C15H23NO2. The Morgan fingerprint density at radius 3 is 2.39 bits per heavy atom. The molecule has 0 fully saturated rings. The fourth-order valence-electron chi connectivity index (χ4n) is 2.10. The van der Waals surface area contributed by atoms with Crippen molar-refractivity contribution in [2.45, 2.75) is 33.7 Å². The summed E-state index contributed by atoms with van der Waals surface area (Å²) in [6.07, 6.45) is 1.03. The van der Waals surface area contributed by atoms with Crippen molar-refractivity contribution in [2.75, 3.05) is 20.2 Å². The molecule has 100 valence electrons. The average molecular weight is 249 g/mol. The number of carbonyl (C=O) groups is 1. The average Bonchev–Trinajstić information content (AvgIpc) is 2.34. The van der Waals surface area contributed by atoms with Crippen LogP contribution in [0.15, 0.2) is 18.2 Å². The summed E-state index contributed by atoms with van der Waals surface area (Å²) in [5, 5.41) is 0. The molecule has 0 aromatic heterocycles. The lowest BCUT2D eigenvalue weighted by molar-refractivity contribution is -0.142. The molecule has 0 saturated heterocycles. The van der Waals surface area contributed by atoms with Crippen LogP contribution >= 0.6 is 0 Å². The number of ether oxygens (including phenoxy) is 1. The monoisotopic (exact) mass is 249 g/mol. The maximum atomic E-state index is 11.4. The van der Waals surface area contributed by atoms with Crippen LogP contribution in [0.1, 0.15) is 30.0 Å². The zero-order valence-electron chi connectivity index (χ0n) is 11.8. The minimum absolute atomic E-state index is 0.172.